The van der Waals surface area contributed by atoms with Gasteiger partial charge in [-0.15, -0.1) is 0 Å². The van der Waals surface area contributed by atoms with Crippen molar-refractivity contribution in [3.05, 3.63) is 11.7 Å². The smallest absolute Gasteiger partial charge is 0.303 e. The quantitative estimate of drug-likeness (QED) is 0.774. The summed E-state index contributed by atoms with van der Waals surface area (Å²) in [5.41, 5.74) is 0. The van der Waals surface area contributed by atoms with Crippen LogP contribution in [0.2, 0.25) is 0 Å². The van der Waals surface area contributed by atoms with Gasteiger partial charge in [0.05, 0.1) is 6.04 Å². The number of likely N-dealkylation sites (tertiary alicyclic amines) is 1. The fraction of sp³-hybridized carbons (Fsp3) is 0.786. The van der Waals surface area contributed by atoms with Crippen molar-refractivity contribution in [1.29, 1.82) is 0 Å². The molecule has 0 saturated carbocycles. The van der Waals surface area contributed by atoms with Gasteiger partial charge in [0, 0.05) is 12.3 Å². The molecule has 6 nitrogen and oxygen atoms in total. The zero-order chi connectivity index (χ0) is 14.5. The second-order valence-corrected chi connectivity index (χ2v) is 5.69. The van der Waals surface area contributed by atoms with Gasteiger partial charge in [0.1, 0.15) is 0 Å². The minimum atomic E-state index is -0.720. The van der Waals surface area contributed by atoms with E-state index in [0.717, 1.165) is 44.6 Å². The zero-order valence-electron chi connectivity index (χ0n) is 12.2. The van der Waals surface area contributed by atoms with Gasteiger partial charge in [0.15, 0.2) is 5.82 Å². The molecule has 1 aromatic rings. The average molecular weight is 281 g/mol. The Kier molecular flexibility index (Phi) is 5.11. The molecule has 1 fully saturated rings. The molecule has 0 aliphatic carbocycles. The van der Waals surface area contributed by atoms with Gasteiger partial charge in [-0.1, -0.05) is 19.0 Å². The number of carboxylic acids is 1. The standard InChI is InChI=1S/C14H23N3O3/c1-10(2)14-15-13(16-20-14)11-6-5-9-17(11)8-4-3-7-12(18)19/h10-11H,3-9H2,1-2H3,(H,18,19). The summed E-state index contributed by atoms with van der Waals surface area (Å²) in [6.45, 7) is 6.01. The molecule has 1 saturated heterocycles. The molecule has 0 radical (unpaired) electrons. The van der Waals surface area contributed by atoms with E-state index in [1.807, 2.05) is 13.8 Å². The Morgan fingerprint density at radius 1 is 1.50 bits per heavy atom. The van der Waals surface area contributed by atoms with Gasteiger partial charge in [0.25, 0.3) is 0 Å². The lowest BCUT2D eigenvalue weighted by molar-refractivity contribution is -0.137. The highest BCUT2D eigenvalue weighted by molar-refractivity contribution is 5.66. The lowest BCUT2D eigenvalue weighted by atomic mass is 10.2. The number of carbonyl (C=O) groups is 1. The maximum atomic E-state index is 10.5. The van der Waals surface area contributed by atoms with E-state index in [0.29, 0.717) is 5.89 Å². The van der Waals surface area contributed by atoms with Crippen molar-refractivity contribution < 1.29 is 14.4 Å². The molecule has 2 heterocycles. The summed E-state index contributed by atoms with van der Waals surface area (Å²) < 4.78 is 5.28. The maximum absolute atomic E-state index is 10.5. The SMILES string of the molecule is CC(C)c1nc(C2CCCN2CCCCC(=O)O)no1. The topological polar surface area (TPSA) is 79.5 Å². The molecular weight excluding hydrogens is 258 g/mol. The Bertz CT molecular complexity index is 445. The first-order valence-electron chi connectivity index (χ1n) is 7.37. The van der Waals surface area contributed by atoms with Crippen molar-refractivity contribution in [2.45, 2.75) is 57.9 Å². The van der Waals surface area contributed by atoms with Crippen molar-refractivity contribution in [2.24, 2.45) is 0 Å². The minimum absolute atomic E-state index is 0.232. The molecule has 1 N–H and O–H groups in total. The number of hydrogen-bond acceptors (Lipinski definition) is 5. The number of aromatic nitrogens is 2. The third kappa shape index (κ3) is 3.79. The monoisotopic (exact) mass is 281 g/mol. The molecule has 6 heteroatoms. The van der Waals surface area contributed by atoms with Crippen LogP contribution in [0.1, 0.15) is 69.6 Å². The van der Waals surface area contributed by atoms with Gasteiger partial charge >= 0.3 is 5.97 Å². The van der Waals surface area contributed by atoms with E-state index in [2.05, 4.69) is 15.0 Å². The maximum Gasteiger partial charge on any atom is 0.303 e. The van der Waals surface area contributed by atoms with Gasteiger partial charge in [-0.25, -0.2) is 0 Å². The second kappa shape index (κ2) is 6.83. The zero-order valence-corrected chi connectivity index (χ0v) is 12.2. The predicted molar refractivity (Wildman–Crippen MR) is 73.4 cm³/mol. The number of rotatable bonds is 7. The number of hydrogen-bond donors (Lipinski definition) is 1. The molecule has 1 aromatic heterocycles. The summed E-state index contributed by atoms with van der Waals surface area (Å²) in [5.74, 6) is 1.01. The van der Waals surface area contributed by atoms with Gasteiger partial charge < -0.3 is 9.63 Å². The molecule has 0 spiro atoms. The lowest BCUT2D eigenvalue weighted by Gasteiger charge is -2.21. The largest absolute Gasteiger partial charge is 0.481 e. The molecule has 20 heavy (non-hydrogen) atoms. The number of carboxylic acid groups (broad SMARTS) is 1. The molecule has 0 aromatic carbocycles. The Morgan fingerprint density at radius 3 is 2.95 bits per heavy atom. The Hall–Kier alpha value is -1.43. The summed E-state index contributed by atoms with van der Waals surface area (Å²) in [6, 6.07) is 0.232. The number of nitrogens with zero attached hydrogens (tertiary/aromatic N) is 3. The van der Waals surface area contributed by atoms with Crippen LogP contribution in [0.4, 0.5) is 0 Å². The van der Waals surface area contributed by atoms with E-state index in [4.69, 9.17) is 9.63 Å². The summed E-state index contributed by atoms with van der Waals surface area (Å²) in [4.78, 5) is 17.3. The summed E-state index contributed by atoms with van der Waals surface area (Å²) in [6.07, 6.45) is 4.06. The first kappa shape index (κ1) is 15.0. The summed E-state index contributed by atoms with van der Waals surface area (Å²) in [5, 5.41) is 12.7. The molecule has 1 unspecified atom stereocenters. The molecule has 0 bridgehead atoms. The van der Waals surface area contributed by atoms with Crippen molar-refractivity contribution in [2.75, 3.05) is 13.1 Å². The minimum Gasteiger partial charge on any atom is -0.481 e. The van der Waals surface area contributed by atoms with E-state index in [9.17, 15) is 4.79 Å². The Balaban J connectivity index is 1.87. The molecular formula is C14H23N3O3. The number of unbranched alkanes of at least 4 members (excludes halogenated alkanes) is 1. The van der Waals surface area contributed by atoms with E-state index in [1.165, 1.54) is 0 Å². The van der Waals surface area contributed by atoms with Gasteiger partial charge in [-0.3, -0.25) is 9.69 Å². The van der Waals surface area contributed by atoms with Gasteiger partial charge in [0.2, 0.25) is 5.89 Å². The van der Waals surface area contributed by atoms with Crippen LogP contribution in [0.3, 0.4) is 0 Å². The van der Waals surface area contributed by atoms with Crippen molar-refractivity contribution in [3.8, 4) is 0 Å². The molecule has 112 valence electrons. The van der Waals surface area contributed by atoms with Crippen molar-refractivity contribution in [1.82, 2.24) is 15.0 Å². The van der Waals surface area contributed by atoms with Crippen LogP contribution in [-0.2, 0) is 4.79 Å². The van der Waals surface area contributed by atoms with E-state index in [1.54, 1.807) is 0 Å². The number of aliphatic carboxylic acids is 1. The third-order valence-electron chi connectivity index (χ3n) is 3.70. The van der Waals surface area contributed by atoms with Crippen molar-refractivity contribution >= 4 is 5.97 Å². The fourth-order valence-corrected chi connectivity index (χ4v) is 2.59. The van der Waals surface area contributed by atoms with Crippen LogP contribution in [0.15, 0.2) is 4.52 Å². The van der Waals surface area contributed by atoms with E-state index < -0.39 is 5.97 Å². The van der Waals surface area contributed by atoms with Crippen LogP contribution in [0.5, 0.6) is 0 Å². The average Bonchev–Trinajstić information content (AvgIpc) is 3.02. The summed E-state index contributed by atoms with van der Waals surface area (Å²) >= 11 is 0. The van der Waals surface area contributed by atoms with Gasteiger partial charge in [-0.2, -0.15) is 4.98 Å². The van der Waals surface area contributed by atoms with E-state index in [-0.39, 0.29) is 18.4 Å². The van der Waals surface area contributed by atoms with Crippen LogP contribution < -0.4 is 0 Å². The molecule has 1 aliphatic rings. The van der Waals surface area contributed by atoms with Crippen LogP contribution >= 0.6 is 0 Å². The normalized spacial score (nSPS) is 19.9. The van der Waals surface area contributed by atoms with Gasteiger partial charge in [-0.05, 0) is 38.8 Å². The summed E-state index contributed by atoms with van der Waals surface area (Å²) in [7, 11) is 0. The highest BCUT2D eigenvalue weighted by Gasteiger charge is 2.29. The van der Waals surface area contributed by atoms with Crippen LogP contribution in [0.25, 0.3) is 0 Å². The predicted octanol–water partition coefficient (Wildman–Crippen LogP) is 2.58. The van der Waals surface area contributed by atoms with Crippen LogP contribution in [0, 0.1) is 0 Å². The molecule has 2 rings (SSSR count). The first-order chi connectivity index (χ1) is 9.58. The Morgan fingerprint density at radius 2 is 2.30 bits per heavy atom. The van der Waals surface area contributed by atoms with Crippen LogP contribution in [-0.4, -0.2) is 39.2 Å². The first-order valence-corrected chi connectivity index (χ1v) is 7.37. The third-order valence-corrected chi connectivity index (χ3v) is 3.70. The fourth-order valence-electron chi connectivity index (χ4n) is 2.59. The van der Waals surface area contributed by atoms with E-state index >= 15 is 0 Å². The highest BCUT2D eigenvalue weighted by Crippen LogP contribution is 2.30. The molecule has 1 atom stereocenters. The molecule has 1 aliphatic heterocycles. The molecule has 0 amide bonds. The van der Waals surface area contributed by atoms with Crippen molar-refractivity contribution in [3.63, 3.8) is 0 Å². The lowest BCUT2D eigenvalue weighted by Crippen LogP contribution is -2.25. The highest BCUT2D eigenvalue weighted by atomic mass is 16.5. The second-order valence-electron chi connectivity index (χ2n) is 5.69. The Labute approximate surface area is 119 Å².